The summed E-state index contributed by atoms with van der Waals surface area (Å²) in [6.07, 6.45) is 4.81. The Labute approximate surface area is 126 Å². The van der Waals surface area contributed by atoms with Crippen molar-refractivity contribution in [1.29, 1.82) is 0 Å². The molecule has 0 spiro atoms. The van der Waals surface area contributed by atoms with Gasteiger partial charge in [-0.25, -0.2) is 0 Å². The highest BCUT2D eigenvalue weighted by Gasteiger charge is 2.31. The van der Waals surface area contributed by atoms with E-state index in [4.69, 9.17) is 10.5 Å². The summed E-state index contributed by atoms with van der Waals surface area (Å²) in [6, 6.07) is 7.74. The van der Waals surface area contributed by atoms with Gasteiger partial charge in [0.2, 0.25) is 5.91 Å². The van der Waals surface area contributed by atoms with E-state index in [1.165, 1.54) is 0 Å². The second-order valence-electron chi connectivity index (χ2n) is 5.46. The number of para-hydroxylation sites is 1. The molecule has 1 aromatic rings. The number of nitrogens with one attached hydrogen (secondary N) is 1. The van der Waals surface area contributed by atoms with Gasteiger partial charge in [-0.1, -0.05) is 37.3 Å². The molecule has 1 amide bonds. The minimum atomic E-state index is 0.0660. The third kappa shape index (κ3) is 4.08. The van der Waals surface area contributed by atoms with E-state index < -0.39 is 0 Å². The number of ether oxygens (including phenoxy) is 1. The summed E-state index contributed by atoms with van der Waals surface area (Å²) in [5, 5.41) is 3.02. The summed E-state index contributed by atoms with van der Waals surface area (Å²) in [5.74, 6) is 1.30. The van der Waals surface area contributed by atoms with Gasteiger partial charge in [0, 0.05) is 18.0 Å². The lowest BCUT2D eigenvalue weighted by atomic mass is 9.95. The van der Waals surface area contributed by atoms with Crippen LogP contribution in [0.3, 0.4) is 0 Å². The van der Waals surface area contributed by atoms with E-state index in [9.17, 15) is 4.79 Å². The Morgan fingerprint density at radius 1 is 1.43 bits per heavy atom. The predicted octanol–water partition coefficient (Wildman–Crippen LogP) is 2.24. The lowest BCUT2D eigenvalue weighted by molar-refractivity contribution is -0.126. The minimum Gasteiger partial charge on any atom is -0.489 e. The number of carbonyl (C=O) groups is 1. The number of amides is 1. The van der Waals surface area contributed by atoms with Gasteiger partial charge >= 0.3 is 0 Å². The van der Waals surface area contributed by atoms with Crippen LogP contribution >= 0.6 is 0 Å². The van der Waals surface area contributed by atoms with E-state index in [1.807, 2.05) is 24.3 Å². The van der Waals surface area contributed by atoms with Crippen molar-refractivity contribution in [2.24, 2.45) is 17.6 Å². The summed E-state index contributed by atoms with van der Waals surface area (Å²) < 4.78 is 5.60. The zero-order valence-electron chi connectivity index (χ0n) is 12.4. The number of carbonyl (C=O) groups excluding carboxylic acids is 1. The largest absolute Gasteiger partial charge is 0.489 e. The molecule has 0 bridgehead atoms. The Balaban J connectivity index is 1.93. The molecule has 0 saturated heterocycles. The molecule has 0 aliphatic heterocycles. The van der Waals surface area contributed by atoms with Crippen molar-refractivity contribution in [3.63, 3.8) is 0 Å². The van der Waals surface area contributed by atoms with Crippen LogP contribution in [0, 0.1) is 11.8 Å². The van der Waals surface area contributed by atoms with Crippen molar-refractivity contribution < 1.29 is 9.53 Å². The summed E-state index contributed by atoms with van der Waals surface area (Å²) >= 11 is 0. The van der Waals surface area contributed by atoms with E-state index in [0.29, 0.717) is 25.6 Å². The summed E-state index contributed by atoms with van der Waals surface area (Å²) in [6.45, 7) is 5.18. The molecule has 1 aliphatic carbocycles. The predicted molar refractivity (Wildman–Crippen MR) is 83.9 cm³/mol. The van der Waals surface area contributed by atoms with Crippen molar-refractivity contribution in [2.45, 2.75) is 25.8 Å². The van der Waals surface area contributed by atoms with E-state index in [1.54, 1.807) is 6.08 Å². The summed E-state index contributed by atoms with van der Waals surface area (Å²) in [7, 11) is 0. The van der Waals surface area contributed by atoms with Crippen LogP contribution < -0.4 is 15.8 Å². The molecule has 0 aromatic heterocycles. The van der Waals surface area contributed by atoms with Gasteiger partial charge in [-0.15, -0.1) is 0 Å². The lowest BCUT2D eigenvalue weighted by Crippen LogP contribution is -2.34. The molecule has 2 rings (SSSR count). The first-order valence-electron chi connectivity index (χ1n) is 7.55. The molecule has 21 heavy (non-hydrogen) atoms. The third-order valence-electron chi connectivity index (χ3n) is 4.08. The molecule has 3 N–H and O–H groups in total. The summed E-state index contributed by atoms with van der Waals surface area (Å²) in [4.78, 5) is 12.3. The average Bonchev–Trinajstić information content (AvgIpc) is 3.00. The molecule has 4 nitrogen and oxygen atoms in total. The number of nitrogens with two attached hydrogens (primary N) is 1. The lowest BCUT2D eigenvalue weighted by Gasteiger charge is -2.18. The van der Waals surface area contributed by atoms with Crippen LogP contribution in [0.2, 0.25) is 0 Å². The van der Waals surface area contributed by atoms with Gasteiger partial charge in [-0.2, -0.15) is 0 Å². The monoisotopic (exact) mass is 288 g/mol. The van der Waals surface area contributed by atoms with Gasteiger partial charge in [0.05, 0.1) is 0 Å². The molecule has 1 aromatic carbocycles. The Morgan fingerprint density at radius 2 is 2.24 bits per heavy atom. The fourth-order valence-electron chi connectivity index (χ4n) is 2.92. The van der Waals surface area contributed by atoms with E-state index in [-0.39, 0.29) is 11.8 Å². The van der Waals surface area contributed by atoms with Crippen LogP contribution in [0.25, 0.3) is 0 Å². The molecule has 0 radical (unpaired) electrons. The van der Waals surface area contributed by atoms with Gasteiger partial charge in [0.25, 0.3) is 0 Å². The topological polar surface area (TPSA) is 64.3 Å². The molecule has 4 heteroatoms. The molecule has 1 saturated carbocycles. The first-order valence-corrected chi connectivity index (χ1v) is 7.55. The third-order valence-corrected chi connectivity index (χ3v) is 4.08. The van der Waals surface area contributed by atoms with Gasteiger partial charge < -0.3 is 15.8 Å². The van der Waals surface area contributed by atoms with Crippen molar-refractivity contribution in [2.75, 3.05) is 13.2 Å². The van der Waals surface area contributed by atoms with E-state index >= 15 is 0 Å². The molecule has 114 valence electrons. The standard InChI is InChI=1S/C17H24N2O2/c1-2-10-21-16-9-4-3-6-14(16)12-19-17(20)15-8-5-7-13(15)11-18/h2-4,6,9,13,15H,1,5,7-8,10-12,18H2,(H,19,20)/t13-,15-/m1/s1. The molecule has 0 heterocycles. The highest BCUT2D eigenvalue weighted by atomic mass is 16.5. The first-order chi connectivity index (χ1) is 10.3. The number of hydrogen-bond acceptors (Lipinski definition) is 3. The molecule has 1 fully saturated rings. The molecule has 1 aliphatic rings. The maximum absolute atomic E-state index is 12.3. The van der Waals surface area contributed by atoms with Crippen LogP contribution in [0.4, 0.5) is 0 Å². The zero-order valence-corrected chi connectivity index (χ0v) is 12.4. The normalized spacial score (nSPS) is 21.0. The first kappa shape index (κ1) is 15.6. The highest BCUT2D eigenvalue weighted by molar-refractivity contribution is 5.79. The Bertz CT molecular complexity index is 487. The van der Waals surface area contributed by atoms with Crippen molar-refractivity contribution in [1.82, 2.24) is 5.32 Å². The smallest absolute Gasteiger partial charge is 0.223 e. The zero-order chi connectivity index (χ0) is 15.1. The molecule has 2 atom stereocenters. The fourth-order valence-corrected chi connectivity index (χ4v) is 2.92. The van der Waals surface area contributed by atoms with Gasteiger partial charge in [-0.05, 0) is 31.4 Å². The van der Waals surface area contributed by atoms with Crippen LogP contribution in [0.5, 0.6) is 5.75 Å². The fraction of sp³-hybridized carbons (Fsp3) is 0.471. The van der Waals surface area contributed by atoms with Crippen molar-refractivity contribution >= 4 is 5.91 Å². The highest BCUT2D eigenvalue weighted by Crippen LogP contribution is 2.31. The van der Waals surface area contributed by atoms with E-state index in [2.05, 4.69) is 11.9 Å². The average molecular weight is 288 g/mol. The maximum atomic E-state index is 12.3. The maximum Gasteiger partial charge on any atom is 0.223 e. The SMILES string of the molecule is C=CCOc1ccccc1CNC(=O)[C@@H]1CCC[C@@H]1CN. The molecule has 0 unspecified atom stereocenters. The van der Waals surface area contributed by atoms with E-state index in [0.717, 1.165) is 30.6 Å². The van der Waals surface area contributed by atoms with Gasteiger partial charge in [0.15, 0.2) is 0 Å². The molecular formula is C17H24N2O2. The van der Waals surface area contributed by atoms with Crippen molar-refractivity contribution in [3.05, 3.63) is 42.5 Å². The Kier molecular flexibility index (Phi) is 5.81. The van der Waals surface area contributed by atoms with Crippen LogP contribution in [-0.2, 0) is 11.3 Å². The minimum absolute atomic E-state index is 0.0660. The van der Waals surface area contributed by atoms with Crippen LogP contribution in [0.15, 0.2) is 36.9 Å². The summed E-state index contributed by atoms with van der Waals surface area (Å²) in [5.41, 5.74) is 6.72. The van der Waals surface area contributed by atoms with Gasteiger partial charge in [0.1, 0.15) is 12.4 Å². The second-order valence-corrected chi connectivity index (χ2v) is 5.46. The van der Waals surface area contributed by atoms with Gasteiger partial charge in [-0.3, -0.25) is 4.79 Å². The number of hydrogen-bond donors (Lipinski definition) is 2. The Hall–Kier alpha value is -1.81. The Morgan fingerprint density at radius 3 is 3.00 bits per heavy atom. The molecular weight excluding hydrogens is 264 g/mol. The number of rotatable bonds is 7. The second kappa shape index (κ2) is 7.84. The number of benzene rings is 1. The van der Waals surface area contributed by atoms with Crippen LogP contribution in [-0.4, -0.2) is 19.1 Å². The van der Waals surface area contributed by atoms with Crippen molar-refractivity contribution in [3.8, 4) is 5.75 Å². The van der Waals surface area contributed by atoms with Crippen LogP contribution in [0.1, 0.15) is 24.8 Å². The quantitative estimate of drug-likeness (QED) is 0.756.